The van der Waals surface area contributed by atoms with E-state index in [2.05, 4.69) is 0 Å². The number of rotatable bonds is 2. The van der Waals surface area contributed by atoms with Gasteiger partial charge in [-0.1, -0.05) is 18.2 Å². The Morgan fingerprint density at radius 3 is 2.36 bits per heavy atom. The van der Waals surface area contributed by atoms with Gasteiger partial charge in [0.05, 0.1) is 12.5 Å². The maximum Gasteiger partial charge on any atom is 0.391 e. The highest BCUT2D eigenvalue weighted by molar-refractivity contribution is 14.1. The number of hydrogen-bond acceptors (Lipinski definition) is 1. The van der Waals surface area contributed by atoms with Gasteiger partial charge >= 0.3 is 6.18 Å². The van der Waals surface area contributed by atoms with Gasteiger partial charge in [0.25, 0.3) is 0 Å². The molecule has 0 aliphatic rings. The second kappa shape index (κ2) is 4.48. The first-order valence-electron chi connectivity index (χ1n) is 3.89. The van der Waals surface area contributed by atoms with E-state index in [1.54, 1.807) is 18.2 Å². The molecule has 14 heavy (non-hydrogen) atoms. The Bertz CT molecular complexity index is 311. The quantitative estimate of drug-likeness (QED) is 0.830. The standard InChI is InChI=1S/C9H8F3IO/c10-9(11,12)5-8(14)6-3-1-2-4-7(6)13/h1-4,8,14H,5H2. The highest BCUT2D eigenvalue weighted by Crippen LogP contribution is 2.31. The lowest BCUT2D eigenvalue weighted by Gasteiger charge is -2.14. The molecular formula is C9H8F3IO. The molecule has 0 aromatic heterocycles. The predicted octanol–water partition coefficient (Wildman–Crippen LogP) is 3.28. The Kier molecular flexibility index (Phi) is 3.77. The van der Waals surface area contributed by atoms with Gasteiger partial charge in [0, 0.05) is 3.57 Å². The number of aliphatic hydroxyl groups is 1. The molecule has 0 aliphatic heterocycles. The lowest BCUT2D eigenvalue weighted by Crippen LogP contribution is -2.14. The molecule has 0 fully saturated rings. The molecule has 0 saturated carbocycles. The van der Waals surface area contributed by atoms with Crippen molar-refractivity contribution in [3.63, 3.8) is 0 Å². The van der Waals surface area contributed by atoms with E-state index in [0.29, 0.717) is 9.13 Å². The van der Waals surface area contributed by atoms with Crippen LogP contribution in [-0.4, -0.2) is 11.3 Å². The highest BCUT2D eigenvalue weighted by Gasteiger charge is 2.32. The van der Waals surface area contributed by atoms with Crippen molar-refractivity contribution in [2.75, 3.05) is 0 Å². The van der Waals surface area contributed by atoms with Gasteiger partial charge in [0.1, 0.15) is 0 Å². The van der Waals surface area contributed by atoms with E-state index in [1.807, 2.05) is 22.6 Å². The SMILES string of the molecule is OC(CC(F)(F)F)c1ccccc1I. The average Bonchev–Trinajstić information content (AvgIpc) is 2.01. The van der Waals surface area contributed by atoms with Crippen LogP contribution in [0.1, 0.15) is 18.1 Å². The summed E-state index contributed by atoms with van der Waals surface area (Å²) in [5.74, 6) is 0. The Labute approximate surface area is 93.1 Å². The van der Waals surface area contributed by atoms with Gasteiger partial charge in [-0.15, -0.1) is 0 Å². The summed E-state index contributed by atoms with van der Waals surface area (Å²) < 4.78 is 36.5. The third-order valence-corrected chi connectivity index (χ3v) is 2.67. The van der Waals surface area contributed by atoms with Crippen LogP contribution >= 0.6 is 22.6 Å². The van der Waals surface area contributed by atoms with E-state index in [9.17, 15) is 18.3 Å². The molecule has 0 amide bonds. The smallest absolute Gasteiger partial charge is 0.388 e. The topological polar surface area (TPSA) is 20.2 Å². The Morgan fingerprint density at radius 2 is 1.86 bits per heavy atom. The number of aliphatic hydroxyl groups excluding tert-OH is 1. The molecule has 0 heterocycles. The van der Waals surface area contributed by atoms with Crippen LogP contribution in [-0.2, 0) is 0 Å². The lowest BCUT2D eigenvalue weighted by atomic mass is 10.1. The number of hydrogen-bond donors (Lipinski definition) is 1. The maximum absolute atomic E-state index is 12.0. The number of benzene rings is 1. The van der Waals surface area contributed by atoms with Crippen LogP contribution in [0.5, 0.6) is 0 Å². The zero-order valence-electron chi connectivity index (χ0n) is 7.05. The van der Waals surface area contributed by atoms with E-state index in [1.165, 1.54) is 6.07 Å². The molecule has 0 bridgehead atoms. The van der Waals surface area contributed by atoms with Crippen LogP contribution in [0.3, 0.4) is 0 Å². The van der Waals surface area contributed by atoms with E-state index in [-0.39, 0.29) is 0 Å². The molecule has 1 unspecified atom stereocenters. The van der Waals surface area contributed by atoms with E-state index < -0.39 is 18.7 Å². The molecule has 5 heteroatoms. The highest BCUT2D eigenvalue weighted by atomic mass is 127. The lowest BCUT2D eigenvalue weighted by molar-refractivity contribution is -0.154. The van der Waals surface area contributed by atoms with Crippen LogP contribution in [0.4, 0.5) is 13.2 Å². The minimum atomic E-state index is -4.33. The summed E-state index contributed by atoms with van der Waals surface area (Å²) >= 11 is 1.90. The Hall–Kier alpha value is -0.300. The van der Waals surface area contributed by atoms with Gasteiger partial charge in [-0.2, -0.15) is 13.2 Å². The zero-order chi connectivity index (χ0) is 10.8. The molecule has 1 aromatic carbocycles. The number of halogens is 4. The van der Waals surface area contributed by atoms with E-state index >= 15 is 0 Å². The van der Waals surface area contributed by atoms with Crippen LogP contribution in [0.25, 0.3) is 0 Å². The minimum absolute atomic E-state index is 0.324. The van der Waals surface area contributed by atoms with Crippen LogP contribution in [0.15, 0.2) is 24.3 Å². The fourth-order valence-corrected chi connectivity index (χ4v) is 1.82. The van der Waals surface area contributed by atoms with Crippen molar-refractivity contribution in [1.29, 1.82) is 0 Å². The molecule has 1 aromatic rings. The van der Waals surface area contributed by atoms with Crippen molar-refractivity contribution in [3.8, 4) is 0 Å². The third-order valence-electron chi connectivity index (χ3n) is 1.69. The third kappa shape index (κ3) is 3.45. The molecule has 1 N–H and O–H groups in total. The molecule has 0 radical (unpaired) electrons. The van der Waals surface area contributed by atoms with Gasteiger partial charge in [-0.25, -0.2) is 0 Å². The summed E-state index contributed by atoms with van der Waals surface area (Å²) in [6.45, 7) is 0. The van der Waals surface area contributed by atoms with Crippen LogP contribution in [0, 0.1) is 3.57 Å². The van der Waals surface area contributed by atoms with Crippen molar-refractivity contribution in [2.45, 2.75) is 18.7 Å². The molecule has 0 aliphatic carbocycles. The van der Waals surface area contributed by atoms with Crippen molar-refractivity contribution < 1.29 is 18.3 Å². The molecular weight excluding hydrogens is 308 g/mol. The zero-order valence-corrected chi connectivity index (χ0v) is 9.21. The molecule has 0 spiro atoms. The molecule has 78 valence electrons. The first kappa shape index (κ1) is 11.8. The largest absolute Gasteiger partial charge is 0.391 e. The Balaban J connectivity index is 2.80. The monoisotopic (exact) mass is 316 g/mol. The maximum atomic E-state index is 12.0. The van der Waals surface area contributed by atoms with Crippen molar-refractivity contribution in [3.05, 3.63) is 33.4 Å². The van der Waals surface area contributed by atoms with Crippen molar-refractivity contribution in [1.82, 2.24) is 0 Å². The van der Waals surface area contributed by atoms with Gasteiger partial charge in [0.15, 0.2) is 0 Å². The summed E-state index contributed by atoms with van der Waals surface area (Å²) in [5.41, 5.74) is 0.324. The summed E-state index contributed by atoms with van der Waals surface area (Å²) in [5, 5.41) is 9.31. The van der Waals surface area contributed by atoms with Crippen molar-refractivity contribution >= 4 is 22.6 Å². The fourth-order valence-electron chi connectivity index (χ4n) is 1.07. The van der Waals surface area contributed by atoms with E-state index in [4.69, 9.17) is 0 Å². The summed E-state index contributed by atoms with van der Waals surface area (Å²) in [4.78, 5) is 0. The van der Waals surface area contributed by atoms with Crippen LogP contribution < -0.4 is 0 Å². The number of alkyl halides is 3. The van der Waals surface area contributed by atoms with Crippen molar-refractivity contribution in [2.24, 2.45) is 0 Å². The van der Waals surface area contributed by atoms with Gasteiger partial charge in [-0.05, 0) is 34.2 Å². The van der Waals surface area contributed by atoms with Crippen LogP contribution in [0.2, 0.25) is 0 Å². The predicted molar refractivity (Wildman–Crippen MR) is 54.8 cm³/mol. The Morgan fingerprint density at radius 1 is 1.29 bits per heavy atom. The second-order valence-electron chi connectivity index (χ2n) is 2.86. The fraction of sp³-hybridized carbons (Fsp3) is 0.333. The molecule has 1 rings (SSSR count). The van der Waals surface area contributed by atoms with Gasteiger partial charge in [0.2, 0.25) is 0 Å². The average molecular weight is 316 g/mol. The summed E-state index contributed by atoms with van der Waals surface area (Å²) in [6, 6.07) is 6.48. The summed E-state index contributed by atoms with van der Waals surface area (Å²) in [6.07, 6.45) is -7.01. The first-order valence-corrected chi connectivity index (χ1v) is 4.97. The van der Waals surface area contributed by atoms with Gasteiger partial charge < -0.3 is 5.11 Å². The first-order chi connectivity index (χ1) is 6.40. The van der Waals surface area contributed by atoms with E-state index in [0.717, 1.165) is 0 Å². The normalized spacial score (nSPS) is 14.1. The molecule has 1 nitrogen and oxygen atoms in total. The minimum Gasteiger partial charge on any atom is -0.388 e. The molecule has 0 saturated heterocycles. The molecule has 1 atom stereocenters. The van der Waals surface area contributed by atoms with Gasteiger partial charge in [-0.3, -0.25) is 0 Å². The second-order valence-corrected chi connectivity index (χ2v) is 4.02. The summed E-state index contributed by atoms with van der Waals surface area (Å²) in [7, 11) is 0.